The first-order chi connectivity index (χ1) is 9.35. The van der Waals surface area contributed by atoms with Crippen LogP contribution in [0.3, 0.4) is 0 Å². The van der Waals surface area contributed by atoms with Crippen LogP contribution in [-0.2, 0) is 11.5 Å². The molecule has 0 fully saturated rings. The Kier molecular flexibility index (Phi) is 3.17. The molecule has 0 saturated carbocycles. The third-order valence-corrected chi connectivity index (χ3v) is 4.76. The molecule has 0 spiro atoms. The van der Waals surface area contributed by atoms with E-state index >= 15 is 0 Å². The zero-order chi connectivity index (χ0) is 14.5. The van der Waals surface area contributed by atoms with E-state index in [1.54, 1.807) is 0 Å². The molecule has 1 aromatic heterocycles. The summed E-state index contributed by atoms with van der Waals surface area (Å²) in [6.45, 7) is 0. The summed E-state index contributed by atoms with van der Waals surface area (Å²) >= 11 is 5.49. The monoisotopic (exact) mass is 318 g/mol. The molecule has 4 nitrogen and oxygen atoms in total. The number of hydrogen-bond donors (Lipinski definition) is 2. The van der Waals surface area contributed by atoms with Crippen LogP contribution in [0.5, 0.6) is 0 Å². The topological polar surface area (TPSA) is 66.2 Å². The number of fused-ring (bicyclic) bond motifs is 1. The molecule has 0 radical (unpaired) electrons. The molecule has 2 heterocycles. The second-order valence-corrected chi connectivity index (χ2v) is 7.09. The third-order valence-electron chi connectivity index (χ3n) is 2.96. The molecule has 8 heteroatoms. The van der Waals surface area contributed by atoms with Gasteiger partial charge >= 0.3 is 0 Å². The van der Waals surface area contributed by atoms with Crippen LogP contribution in [0, 0.1) is 11.6 Å². The van der Waals surface area contributed by atoms with Gasteiger partial charge in [-0.15, -0.1) is 0 Å². The summed E-state index contributed by atoms with van der Waals surface area (Å²) in [4.78, 5) is 8.04. The predicted molar refractivity (Wildman–Crippen MR) is 72.7 cm³/mol. The molecule has 2 N–H and O–H groups in total. The number of halogens is 3. The minimum Gasteiger partial charge on any atom is -0.299 e. The normalized spacial score (nSPS) is 17.9. The molecule has 0 amide bonds. The Morgan fingerprint density at radius 3 is 2.65 bits per heavy atom. The van der Waals surface area contributed by atoms with Gasteiger partial charge < -0.3 is 0 Å². The SMILES string of the molecule is OS1(O)Cc2cnc(-c3cc(F)c(Cl)cc3F)nc2C1. The van der Waals surface area contributed by atoms with Crippen molar-refractivity contribution in [2.75, 3.05) is 0 Å². The van der Waals surface area contributed by atoms with Crippen LogP contribution in [0.15, 0.2) is 18.3 Å². The third kappa shape index (κ3) is 2.37. The van der Waals surface area contributed by atoms with Gasteiger partial charge in [0.15, 0.2) is 5.82 Å². The molecular weight excluding hydrogens is 310 g/mol. The molecule has 0 saturated heterocycles. The maximum absolute atomic E-state index is 13.8. The largest absolute Gasteiger partial charge is 0.299 e. The average Bonchev–Trinajstić information content (AvgIpc) is 2.66. The van der Waals surface area contributed by atoms with Gasteiger partial charge in [0.1, 0.15) is 11.6 Å². The van der Waals surface area contributed by atoms with Gasteiger partial charge in [-0.2, -0.15) is 10.6 Å². The Morgan fingerprint density at radius 2 is 1.90 bits per heavy atom. The first-order valence-electron chi connectivity index (χ1n) is 5.59. The zero-order valence-corrected chi connectivity index (χ0v) is 11.5. The van der Waals surface area contributed by atoms with E-state index in [0.29, 0.717) is 11.3 Å². The minimum atomic E-state index is -2.72. The standard InChI is InChI=1S/C12H9ClF2N2O2S/c13-8-2-9(14)7(1-10(8)15)12-16-3-6-4-20(18,19)5-11(6)17-12/h1-3,18-19H,4-5H2. The van der Waals surface area contributed by atoms with Crippen molar-refractivity contribution in [3.8, 4) is 11.4 Å². The van der Waals surface area contributed by atoms with E-state index in [0.717, 1.165) is 12.1 Å². The Morgan fingerprint density at radius 1 is 1.15 bits per heavy atom. The number of benzene rings is 1. The summed E-state index contributed by atoms with van der Waals surface area (Å²) < 4.78 is 46.5. The first kappa shape index (κ1) is 13.7. The van der Waals surface area contributed by atoms with Gasteiger partial charge in [0, 0.05) is 11.8 Å². The quantitative estimate of drug-likeness (QED) is 0.784. The molecule has 3 rings (SSSR count). The van der Waals surface area contributed by atoms with E-state index in [9.17, 15) is 17.9 Å². The minimum absolute atomic E-state index is 0.00563. The summed E-state index contributed by atoms with van der Waals surface area (Å²) in [5.74, 6) is -1.40. The van der Waals surface area contributed by atoms with Gasteiger partial charge in [-0.05, 0) is 12.1 Å². The molecule has 0 bridgehead atoms. The lowest BCUT2D eigenvalue weighted by molar-refractivity contribution is 0.488. The van der Waals surface area contributed by atoms with Gasteiger partial charge in [-0.3, -0.25) is 9.11 Å². The van der Waals surface area contributed by atoms with Crippen molar-refractivity contribution >= 4 is 22.2 Å². The second-order valence-electron chi connectivity index (χ2n) is 4.50. The van der Waals surface area contributed by atoms with Crippen molar-refractivity contribution in [1.82, 2.24) is 9.97 Å². The van der Waals surface area contributed by atoms with Crippen molar-refractivity contribution in [3.63, 3.8) is 0 Å². The van der Waals surface area contributed by atoms with Crippen molar-refractivity contribution in [2.24, 2.45) is 0 Å². The van der Waals surface area contributed by atoms with Gasteiger partial charge in [-0.1, -0.05) is 11.6 Å². The Hall–Kier alpha value is -1.28. The lowest BCUT2D eigenvalue weighted by Crippen LogP contribution is -1.98. The molecular formula is C12H9ClF2N2O2S. The number of rotatable bonds is 1. The van der Waals surface area contributed by atoms with Crippen LogP contribution in [0.4, 0.5) is 8.78 Å². The number of nitrogens with zero attached hydrogens (tertiary/aromatic N) is 2. The highest BCUT2D eigenvalue weighted by Crippen LogP contribution is 2.51. The molecule has 0 aliphatic carbocycles. The maximum Gasteiger partial charge on any atom is 0.162 e. The highest BCUT2D eigenvalue weighted by atomic mass is 35.5. The van der Waals surface area contributed by atoms with E-state index in [1.807, 2.05) is 0 Å². The number of hydrogen-bond acceptors (Lipinski definition) is 4. The van der Waals surface area contributed by atoms with E-state index in [2.05, 4.69) is 9.97 Å². The maximum atomic E-state index is 13.8. The molecule has 2 aromatic rings. The number of aromatic nitrogens is 2. The zero-order valence-electron chi connectivity index (χ0n) is 9.98. The average molecular weight is 319 g/mol. The molecule has 0 atom stereocenters. The van der Waals surface area contributed by atoms with Crippen LogP contribution < -0.4 is 0 Å². The van der Waals surface area contributed by atoms with Crippen LogP contribution in [0.25, 0.3) is 11.4 Å². The summed E-state index contributed by atoms with van der Waals surface area (Å²) in [6, 6.07) is 1.78. The molecule has 106 valence electrons. The summed E-state index contributed by atoms with van der Waals surface area (Å²) in [5, 5.41) is -0.318. The Bertz CT molecular complexity index is 712. The van der Waals surface area contributed by atoms with Crippen LogP contribution in [0.1, 0.15) is 11.3 Å². The lowest BCUT2D eigenvalue weighted by Gasteiger charge is -2.24. The molecule has 20 heavy (non-hydrogen) atoms. The molecule has 1 aromatic carbocycles. The van der Waals surface area contributed by atoms with E-state index in [1.165, 1.54) is 6.20 Å². The summed E-state index contributed by atoms with van der Waals surface area (Å²) in [5.41, 5.74) is 0.950. The molecule has 1 aliphatic heterocycles. The highest BCUT2D eigenvalue weighted by molar-refractivity contribution is 8.23. The fourth-order valence-corrected chi connectivity index (χ4v) is 3.71. The van der Waals surface area contributed by atoms with Crippen LogP contribution >= 0.6 is 22.2 Å². The van der Waals surface area contributed by atoms with Gasteiger partial charge in [0.2, 0.25) is 0 Å². The molecule has 1 aliphatic rings. The van der Waals surface area contributed by atoms with Gasteiger partial charge in [0.05, 0.1) is 27.8 Å². The van der Waals surface area contributed by atoms with Gasteiger partial charge in [-0.25, -0.2) is 18.7 Å². The van der Waals surface area contributed by atoms with Crippen molar-refractivity contribution < 1.29 is 17.9 Å². The van der Waals surface area contributed by atoms with E-state index < -0.39 is 22.2 Å². The van der Waals surface area contributed by atoms with Crippen molar-refractivity contribution in [3.05, 3.63) is 46.2 Å². The predicted octanol–water partition coefficient (Wildman–Crippen LogP) is 3.84. The van der Waals surface area contributed by atoms with Gasteiger partial charge in [0.25, 0.3) is 0 Å². The van der Waals surface area contributed by atoms with E-state index in [4.69, 9.17) is 11.6 Å². The fraction of sp³-hybridized carbons (Fsp3) is 0.167. The smallest absolute Gasteiger partial charge is 0.162 e. The lowest BCUT2D eigenvalue weighted by atomic mass is 10.1. The summed E-state index contributed by atoms with van der Waals surface area (Å²) in [7, 11) is -2.72. The van der Waals surface area contributed by atoms with Crippen molar-refractivity contribution in [2.45, 2.75) is 11.5 Å². The van der Waals surface area contributed by atoms with Crippen LogP contribution in [0.2, 0.25) is 5.02 Å². The second kappa shape index (κ2) is 4.63. The highest BCUT2D eigenvalue weighted by Gasteiger charge is 2.27. The first-order valence-corrected chi connectivity index (χ1v) is 7.85. The van der Waals surface area contributed by atoms with Crippen LogP contribution in [-0.4, -0.2) is 19.1 Å². The Labute approximate surface area is 119 Å². The summed E-state index contributed by atoms with van der Waals surface area (Å²) in [6.07, 6.45) is 1.41. The molecule has 0 unspecified atom stereocenters. The Balaban J connectivity index is 2.08. The van der Waals surface area contributed by atoms with Crippen molar-refractivity contribution in [1.29, 1.82) is 0 Å². The fourth-order valence-electron chi connectivity index (χ4n) is 2.03. The van der Waals surface area contributed by atoms with E-state index in [-0.39, 0.29) is 27.9 Å².